The molecule has 0 bridgehead atoms. The first kappa shape index (κ1) is 17.9. The molecule has 4 rings (SSSR count). The van der Waals surface area contributed by atoms with Crippen LogP contribution in [0.2, 0.25) is 5.28 Å². The smallest absolute Gasteiger partial charge is 0.328 e. The van der Waals surface area contributed by atoms with Crippen LogP contribution in [0, 0.1) is 11.6 Å². The summed E-state index contributed by atoms with van der Waals surface area (Å²) >= 11 is 5.67. The molecular weight excluding hydrogens is 392 g/mol. The molecule has 0 radical (unpaired) electrons. The largest absolute Gasteiger partial charge is 0.357 e. The molecule has 0 saturated heterocycles. The molecule has 0 amide bonds. The number of hydrogen-bond acceptors (Lipinski definition) is 5. The van der Waals surface area contributed by atoms with Crippen molar-refractivity contribution in [2.24, 2.45) is 0 Å². The van der Waals surface area contributed by atoms with E-state index in [4.69, 9.17) is 11.6 Å². The summed E-state index contributed by atoms with van der Waals surface area (Å²) < 4.78 is 29.2. The minimum Gasteiger partial charge on any atom is -0.328 e. The zero-order valence-corrected chi connectivity index (χ0v) is 14.8. The third-order valence-corrected chi connectivity index (χ3v) is 4.20. The fraction of sp³-hybridized carbons (Fsp3) is 0.0556. The molecule has 2 aliphatic rings. The van der Waals surface area contributed by atoms with Gasteiger partial charge in [0.25, 0.3) is 5.56 Å². The predicted molar refractivity (Wildman–Crippen MR) is 96.8 cm³/mol. The van der Waals surface area contributed by atoms with Gasteiger partial charge in [0.2, 0.25) is 5.28 Å². The van der Waals surface area contributed by atoms with Crippen LogP contribution in [0.3, 0.4) is 0 Å². The van der Waals surface area contributed by atoms with Gasteiger partial charge in [0, 0.05) is 30.2 Å². The zero-order chi connectivity index (χ0) is 19.8. The highest BCUT2D eigenvalue weighted by Crippen LogP contribution is 2.17. The average Bonchev–Trinajstić information content (AvgIpc) is 2.63. The summed E-state index contributed by atoms with van der Waals surface area (Å²) in [5, 5.41) is 0.0943. The number of hydrogen-bond donors (Lipinski definition) is 0. The molecule has 0 aliphatic carbocycles. The Bertz CT molecular complexity index is 1250. The fourth-order valence-corrected chi connectivity index (χ4v) is 2.92. The second-order valence-electron chi connectivity index (χ2n) is 5.90. The molecule has 7 nitrogen and oxygen atoms in total. The summed E-state index contributed by atoms with van der Waals surface area (Å²) in [6.07, 6.45) is 4.65. The Balaban J connectivity index is 1.88. The Kier molecular flexibility index (Phi) is 4.44. The SMILES string of the molecule is O=c1nc2n(Cc3cnc(Cl)nc3)cccc-2c(=O)n1-c1cc(F)cc(F)c1. The monoisotopic (exact) mass is 401 g/mol. The first-order valence-corrected chi connectivity index (χ1v) is 8.35. The van der Waals surface area contributed by atoms with Crippen molar-refractivity contribution in [2.75, 3.05) is 0 Å². The molecule has 10 heteroatoms. The molecule has 2 aliphatic heterocycles. The van der Waals surface area contributed by atoms with Crippen LogP contribution in [-0.4, -0.2) is 24.1 Å². The molecule has 0 unspecified atom stereocenters. The van der Waals surface area contributed by atoms with E-state index < -0.39 is 22.9 Å². The van der Waals surface area contributed by atoms with Gasteiger partial charge in [0.05, 0.1) is 17.8 Å². The van der Waals surface area contributed by atoms with Gasteiger partial charge in [-0.25, -0.2) is 28.1 Å². The highest BCUT2D eigenvalue weighted by Gasteiger charge is 2.19. The first-order chi connectivity index (χ1) is 13.4. The predicted octanol–water partition coefficient (Wildman–Crippen LogP) is 2.27. The van der Waals surface area contributed by atoms with E-state index in [1.165, 1.54) is 18.5 Å². The maximum Gasteiger partial charge on any atom is 0.357 e. The number of rotatable bonds is 3. The Morgan fingerprint density at radius 1 is 1.04 bits per heavy atom. The molecule has 0 spiro atoms. The highest BCUT2D eigenvalue weighted by molar-refractivity contribution is 6.28. The van der Waals surface area contributed by atoms with Crippen molar-refractivity contribution >= 4 is 11.6 Å². The molecule has 0 N–H and O–H groups in total. The lowest BCUT2D eigenvalue weighted by Crippen LogP contribution is -2.37. The van der Waals surface area contributed by atoms with E-state index in [0.29, 0.717) is 16.2 Å². The van der Waals surface area contributed by atoms with E-state index in [2.05, 4.69) is 15.0 Å². The Labute approximate surface area is 160 Å². The summed E-state index contributed by atoms with van der Waals surface area (Å²) in [6, 6.07) is 5.51. The van der Waals surface area contributed by atoms with Crippen LogP contribution in [0.25, 0.3) is 17.1 Å². The van der Waals surface area contributed by atoms with Crippen molar-refractivity contribution in [3.63, 3.8) is 0 Å². The second kappa shape index (κ2) is 6.93. The van der Waals surface area contributed by atoms with E-state index >= 15 is 0 Å². The topological polar surface area (TPSA) is 82.7 Å². The van der Waals surface area contributed by atoms with Crippen molar-refractivity contribution in [1.82, 2.24) is 24.1 Å². The lowest BCUT2D eigenvalue weighted by atomic mass is 10.2. The summed E-state index contributed by atoms with van der Waals surface area (Å²) in [5.74, 6) is -1.69. The number of nitrogens with zero attached hydrogens (tertiary/aromatic N) is 5. The van der Waals surface area contributed by atoms with Crippen molar-refractivity contribution in [2.45, 2.75) is 6.54 Å². The fourth-order valence-electron chi connectivity index (χ4n) is 2.82. The van der Waals surface area contributed by atoms with Gasteiger partial charge in [-0.2, -0.15) is 4.98 Å². The maximum absolute atomic E-state index is 13.5. The molecule has 3 heterocycles. The molecule has 1 aromatic carbocycles. The van der Waals surface area contributed by atoms with Crippen molar-refractivity contribution < 1.29 is 8.78 Å². The standard InChI is InChI=1S/C18H10ClF2N5O2/c19-17-22-7-10(8-23-17)9-25-3-1-2-14-15(25)24-18(28)26(16(14)27)13-5-11(20)4-12(21)6-13/h1-8H,9H2. The van der Waals surface area contributed by atoms with E-state index in [0.717, 1.165) is 12.1 Å². The first-order valence-electron chi connectivity index (χ1n) is 7.97. The highest BCUT2D eigenvalue weighted by atomic mass is 35.5. The molecule has 0 atom stereocenters. The molecule has 28 heavy (non-hydrogen) atoms. The Hall–Kier alpha value is -3.46. The molecule has 0 fully saturated rings. The lowest BCUT2D eigenvalue weighted by Gasteiger charge is -2.15. The summed E-state index contributed by atoms with van der Waals surface area (Å²) in [5.41, 5.74) is -1.13. The molecule has 140 valence electrons. The minimum atomic E-state index is -0.949. The van der Waals surface area contributed by atoms with Crippen LogP contribution in [0.5, 0.6) is 0 Å². The lowest BCUT2D eigenvalue weighted by molar-refractivity contribution is 0.580. The van der Waals surface area contributed by atoms with E-state index in [1.807, 2.05) is 0 Å². The Morgan fingerprint density at radius 3 is 2.39 bits per heavy atom. The minimum absolute atomic E-state index is 0.0943. The van der Waals surface area contributed by atoms with Crippen LogP contribution < -0.4 is 11.2 Å². The van der Waals surface area contributed by atoms with Crippen LogP contribution in [0.4, 0.5) is 8.78 Å². The average molecular weight is 402 g/mol. The number of fused-ring (bicyclic) bond motifs is 1. The third kappa shape index (κ3) is 3.27. The van der Waals surface area contributed by atoms with E-state index in [1.54, 1.807) is 16.8 Å². The number of pyridine rings is 1. The van der Waals surface area contributed by atoms with Crippen molar-refractivity contribution in [3.8, 4) is 17.1 Å². The van der Waals surface area contributed by atoms with Crippen molar-refractivity contribution in [1.29, 1.82) is 0 Å². The molecule has 2 aromatic rings. The van der Waals surface area contributed by atoms with Gasteiger partial charge in [-0.1, -0.05) is 0 Å². The third-order valence-electron chi connectivity index (χ3n) is 4.00. The van der Waals surface area contributed by atoms with Crippen LogP contribution in [0.1, 0.15) is 5.56 Å². The van der Waals surface area contributed by atoms with Gasteiger partial charge in [0.15, 0.2) is 5.82 Å². The van der Waals surface area contributed by atoms with Gasteiger partial charge in [-0.15, -0.1) is 0 Å². The number of aromatic nitrogens is 5. The second-order valence-corrected chi connectivity index (χ2v) is 6.23. The maximum atomic E-state index is 13.5. The summed E-state index contributed by atoms with van der Waals surface area (Å²) in [4.78, 5) is 37.0. The molecular formula is C18H10ClF2N5O2. The number of benzene rings is 1. The van der Waals surface area contributed by atoms with Crippen LogP contribution >= 0.6 is 11.6 Å². The molecule has 1 aromatic heterocycles. The van der Waals surface area contributed by atoms with Gasteiger partial charge in [0.1, 0.15) is 11.6 Å². The number of halogens is 3. The van der Waals surface area contributed by atoms with Crippen molar-refractivity contribution in [3.05, 3.63) is 92.2 Å². The van der Waals surface area contributed by atoms with Gasteiger partial charge >= 0.3 is 5.69 Å². The van der Waals surface area contributed by atoms with Crippen LogP contribution in [-0.2, 0) is 6.54 Å². The van der Waals surface area contributed by atoms with E-state index in [9.17, 15) is 18.4 Å². The Morgan fingerprint density at radius 2 is 1.71 bits per heavy atom. The normalized spacial score (nSPS) is 11.1. The van der Waals surface area contributed by atoms with Gasteiger partial charge < -0.3 is 4.57 Å². The quantitative estimate of drug-likeness (QED) is 0.492. The van der Waals surface area contributed by atoms with Gasteiger partial charge in [-0.05, 0) is 35.9 Å². The van der Waals surface area contributed by atoms with Crippen LogP contribution in [0.15, 0.2) is 58.5 Å². The summed E-state index contributed by atoms with van der Waals surface area (Å²) in [7, 11) is 0. The summed E-state index contributed by atoms with van der Waals surface area (Å²) in [6.45, 7) is 0.235. The van der Waals surface area contributed by atoms with Gasteiger partial charge in [-0.3, -0.25) is 4.79 Å². The molecule has 0 saturated carbocycles. The zero-order valence-electron chi connectivity index (χ0n) is 14.0. The van der Waals surface area contributed by atoms with E-state index in [-0.39, 0.29) is 28.9 Å².